The number of carboxylic acids is 1. The van der Waals surface area contributed by atoms with Crippen molar-refractivity contribution in [1.82, 2.24) is 4.90 Å². The number of carbonyl (C=O) groups is 2. The summed E-state index contributed by atoms with van der Waals surface area (Å²) in [7, 11) is 1.68. The molecule has 0 aliphatic rings. The number of likely N-dealkylation sites (N-methyl/N-ethyl adjacent to an activating group) is 1. The Morgan fingerprint density at radius 2 is 1.82 bits per heavy atom. The van der Waals surface area contributed by atoms with E-state index in [1.54, 1.807) is 18.9 Å². The molecule has 2 aromatic rings. The van der Waals surface area contributed by atoms with Crippen LogP contribution >= 0.6 is 0 Å². The van der Waals surface area contributed by atoms with Crippen LogP contribution in [-0.4, -0.2) is 35.5 Å². The molecule has 6 heteroatoms. The molecule has 0 fully saturated rings. The van der Waals surface area contributed by atoms with E-state index < -0.39 is 11.4 Å². The van der Waals surface area contributed by atoms with E-state index in [4.69, 9.17) is 14.3 Å². The van der Waals surface area contributed by atoms with E-state index in [9.17, 15) is 9.59 Å². The fraction of sp³-hybridized carbons (Fsp3) is 0.455. The van der Waals surface area contributed by atoms with Crippen molar-refractivity contribution in [2.45, 2.75) is 46.6 Å². The lowest BCUT2D eigenvalue weighted by atomic mass is 9.83. The lowest BCUT2D eigenvalue weighted by Crippen LogP contribution is -2.40. The van der Waals surface area contributed by atoms with E-state index in [1.165, 1.54) is 6.07 Å². The summed E-state index contributed by atoms with van der Waals surface area (Å²) in [6.07, 6.45) is 0. The van der Waals surface area contributed by atoms with Crippen molar-refractivity contribution in [1.29, 1.82) is 0 Å². The molecule has 0 radical (unpaired) electrons. The normalized spacial score (nSPS) is 11.5. The van der Waals surface area contributed by atoms with Gasteiger partial charge >= 0.3 is 5.97 Å². The van der Waals surface area contributed by atoms with E-state index in [-0.39, 0.29) is 18.0 Å². The number of furan rings is 1. The number of nitrogens with zero attached hydrogens (tertiary/aromatic N) is 1. The van der Waals surface area contributed by atoms with Crippen LogP contribution in [0.3, 0.4) is 0 Å². The number of amides is 1. The lowest BCUT2D eigenvalue weighted by molar-refractivity contribution is -0.135. The molecule has 152 valence electrons. The van der Waals surface area contributed by atoms with Crippen molar-refractivity contribution < 1.29 is 23.8 Å². The maximum Gasteiger partial charge on any atom is 0.339 e. The zero-order chi connectivity index (χ0) is 21.1. The largest absolute Gasteiger partial charge is 0.493 e. The Morgan fingerprint density at radius 1 is 1.21 bits per heavy atom. The van der Waals surface area contributed by atoms with Crippen LogP contribution in [0.25, 0.3) is 0 Å². The van der Waals surface area contributed by atoms with Gasteiger partial charge in [-0.05, 0) is 50.5 Å². The zero-order valence-electron chi connectivity index (χ0n) is 17.4. The first-order chi connectivity index (χ1) is 13.0. The van der Waals surface area contributed by atoms with Crippen LogP contribution in [0.15, 0.2) is 34.7 Å². The molecule has 1 aromatic heterocycles. The summed E-state index contributed by atoms with van der Waals surface area (Å²) in [5.41, 5.74) is 0.248. The van der Waals surface area contributed by atoms with Gasteiger partial charge in [-0.2, -0.15) is 0 Å². The van der Waals surface area contributed by atoms with Gasteiger partial charge in [0.15, 0.2) is 0 Å². The Bertz CT molecular complexity index is 833. The van der Waals surface area contributed by atoms with Gasteiger partial charge in [-0.1, -0.05) is 26.0 Å². The molecule has 0 atom stereocenters. The molecule has 28 heavy (non-hydrogen) atoms. The Labute approximate surface area is 166 Å². The molecule has 2 rings (SSSR count). The van der Waals surface area contributed by atoms with Crippen LogP contribution in [0, 0.1) is 12.8 Å². The van der Waals surface area contributed by atoms with Gasteiger partial charge in [-0.25, -0.2) is 4.79 Å². The van der Waals surface area contributed by atoms with Crippen LogP contribution in [0.1, 0.15) is 55.1 Å². The number of ether oxygens (including phenoxy) is 1. The second-order valence-corrected chi connectivity index (χ2v) is 8.00. The van der Waals surface area contributed by atoms with Crippen molar-refractivity contribution in [3.8, 4) is 5.75 Å². The summed E-state index contributed by atoms with van der Waals surface area (Å²) < 4.78 is 11.2. The molecule has 0 spiro atoms. The highest BCUT2D eigenvalue weighted by Crippen LogP contribution is 2.28. The molecule has 1 amide bonds. The third kappa shape index (κ3) is 4.94. The standard InChI is InChI=1S/C22H29NO5/c1-14(2)13-27-17-9-7-16(8-10-17)22(4,5)21(26)23(6)12-18-11-19(20(24)25)15(3)28-18/h7-11,14H,12-13H2,1-6H3,(H,24,25). The summed E-state index contributed by atoms with van der Waals surface area (Å²) in [6.45, 7) is 10.4. The molecule has 0 aliphatic carbocycles. The minimum absolute atomic E-state index is 0.0886. The number of hydrogen-bond donors (Lipinski definition) is 1. The van der Waals surface area contributed by atoms with Gasteiger partial charge in [0, 0.05) is 7.05 Å². The molecule has 0 unspecified atom stereocenters. The molecule has 1 N–H and O–H groups in total. The molecule has 0 bridgehead atoms. The minimum atomic E-state index is -1.04. The topological polar surface area (TPSA) is 80.0 Å². The Morgan fingerprint density at radius 3 is 2.32 bits per heavy atom. The number of carboxylic acid groups (broad SMARTS) is 1. The van der Waals surface area contributed by atoms with E-state index in [0.717, 1.165) is 11.3 Å². The van der Waals surface area contributed by atoms with Gasteiger partial charge in [-0.3, -0.25) is 4.79 Å². The quantitative estimate of drug-likeness (QED) is 0.732. The highest BCUT2D eigenvalue weighted by Gasteiger charge is 2.33. The summed E-state index contributed by atoms with van der Waals surface area (Å²) in [5.74, 6) is 0.869. The molecule has 1 aromatic carbocycles. The maximum absolute atomic E-state index is 13.0. The molecule has 0 aliphatic heterocycles. The second-order valence-electron chi connectivity index (χ2n) is 8.00. The van der Waals surface area contributed by atoms with Crippen molar-refractivity contribution in [3.05, 3.63) is 53.0 Å². The van der Waals surface area contributed by atoms with Crippen LogP contribution in [0.4, 0.5) is 0 Å². The number of rotatable bonds is 8. The Kier molecular flexibility index (Phi) is 6.54. The average molecular weight is 387 g/mol. The number of hydrogen-bond acceptors (Lipinski definition) is 4. The summed E-state index contributed by atoms with van der Waals surface area (Å²) in [5, 5.41) is 9.14. The molecular formula is C22H29NO5. The first-order valence-electron chi connectivity index (χ1n) is 9.34. The van der Waals surface area contributed by atoms with Gasteiger partial charge < -0.3 is 19.2 Å². The first-order valence-corrected chi connectivity index (χ1v) is 9.34. The second kappa shape index (κ2) is 8.50. The van der Waals surface area contributed by atoms with Gasteiger partial charge in [0.2, 0.25) is 5.91 Å². The van der Waals surface area contributed by atoms with E-state index in [0.29, 0.717) is 24.0 Å². The Balaban J connectivity index is 2.10. The number of aromatic carboxylic acids is 1. The van der Waals surface area contributed by atoms with Crippen LogP contribution in [0.2, 0.25) is 0 Å². The van der Waals surface area contributed by atoms with Crippen molar-refractivity contribution >= 4 is 11.9 Å². The van der Waals surface area contributed by atoms with Crippen molar-refractivity contribution in [2.75, 3.05) is 13.7 Å². The molecule has 6 nitrogen and oxygen atoms in total. The summed E-state index contributed by atoms with van der Waals surface area (Å²) >= 11 is 0. The predicted octanol–water partition coefficient (Wildman–Crippen LogP) is 4.26. The number of carbonyl (C=O) groups excluding carboxylic acids is 1. The minimum Gasteiger partial charge on any atom is -0.493 e. The van der Waals surface area contributed by atoms with Gasteiger partial charge in [0.05, 0.1) is 18.6 Å². The molecule has 0 saturated heterocycles. The number of benzene rings is 1. The predicted molar refractivity (Wildman–Crippen MR) is 107 cm³/mol. The average Bonchev–Trinajstić information content (AvgIpc) is 3.00. The van der Waals surface area contributed by atoms with Crippen molar-refractivity contribution in [3.63, 3.8) is 0 Å². The SMILES string of the molecule is Cc1oc(CN(C)C(=O)C(C)(C)c2ccc(OCC(C)C)cc2)cc1C(=O)O. The highest BCUT2D eigenvalue weighted by molar-refractivity contribution is 5.89. The van der Waals surface area contributed by atoms with Crippen molar-refractivity contribution in [2.24, 2.45) is 5.92 Å². The third-order valence-electron chi connectivity index (χ3n) is 4.63. The van der Waals surface area contributed by atoms with Gasteiger partial charge in [0.25, 0.3) is 0 Å². The monoisotopic (exact) mass is 387 g/mol. The smallest absolute Gasteiger partial charge is 0.339 e. The first kappa shape index (κ1) is 21.5. The Hall–Kier alpha value is -2.76. The molecule has 1 heterocycles. The van der Waals surface area contributed by atoms with E-state index in [2.05, 4.69) is 13.8 Å². The van der Waals surface area contributed by atoms with Crippen LogP contribution < -0.4 is 4.74 Å². The molecular weight excluding hydrogens is 358 g/mol. The van der Waals surface area contributed by atoms with Gasteiger partial charge in [-0.15, -0.1) is 0 Å². The maximum atomic E-state index is 13.0. The number of aryl methyl sites for hydroxylation is 1. The molecule has 0 saturated carbocycles. The third-order valence-corrected chi connectivity index (χ3v) is 4.63. The van der Waals surface area contributed by atoms with Gasteiger partial charge in [0.1, 0.15) is 22.8 Å². The fourth-order valence-corrected chi connectivity index (χ4v) is 2.97. The fourth-order valence-electron chi connectivity index (χ4n) is 2.97. The van der Waals surface area contributed by atoms with E-state index in [1.807, 2.05) is 38.1 Å². The lowest BCUT2D eigenvalue weighted by Gasteiger charge is -2.29. The highest BCUT2D eigenvalue weighted by atomic mass is 16.5. The summed E-state index contributed by atoms with van der Waals surface area (Å²) in [6, 6.07) is 9.03. The zero-order valence-corrected chi connectivity index (χ0v) is 17.4. The summed E-state index contributed by atoms with van der Waals surface area (Å²) in [4.78, 5) is 25.7. The van der Waals surface area contributed by atoms with E-state index >= 15 is 0 Å². The van der Waals surface area contributed by atoms with Crippen LogP contribution in [-0.2, 0) is 16.8 Å². The van der Waals surface area contributed by atoms with Crippen LogP contribution in [0.5, 0.6) is 5.75 Å².